The summed E-state index contributed by atoms with van der Waals surface area (Å²) in [5, 5.41) is 2.88. The Morgan fingerprint density at radius 2 is 1.90 bits per heavy atom. The van der Waals surface area contributed by atoms with Crippen LogP contribution in [0.15, 0.2) is 54.6 Å². The molecule has 0 aromatic heterocycles. The molecule has 0 bridgehead atoms. The molecule has 0 unspecified atom stereocenters. The van der Waals surface area contributed by atoms with Gasteiger partial charge in [-0.1, -0.05) is 37.3 Å². The standard InChI is InChI=1S/C22H29N3O3S/c1-17-9-8-14-25(16-17)29(27,28)24(3)18(2)20-12-7-13-21(15-20)23-22(26)19-10-5-4-6-11-19/h4-7,10-13,15,17-18H,8-9,14,16H2,1-3H3,(H,23,26)/t17-,18-/m1/s1. The van der Waals surface area contributed by atoms with E-state index in [0.717, 1.165) is 18.4 Å². The van der Waals surface area contributed by atoms with E-state index in [0.29, 0.717) is 30.3 Å². The molecule has 2 aromatic carbocycles. The zero-order valence-corrected chi connectivity index (χ0v) is 18.0. The monoisotopic (exact) mass is 415 g/mol. The highest BCUT2D eigenvalue weighted by Crippen LogP contribution is 2.28. The summed E-state index contributed by atoms with van der Waals surface area (Å²) in [6, 6.07) is 16.0. The molecule has 0 radical (unpaired) electrons. The fraction of sp³-hybridized carbons (Fsp3) is 0.409. The third-order valence-corrected chi connectivity index (χ3v) is 7.55. The normalized spacial score (nSPS) is 19.1. The number of anilines is 1. The Balaban J connectivity index is 1.74. The van der Waals surface area contributed by atoms with Crippen LogP contribution < -0.4 is 5.32 Å². The van der Waals surface area contributed by atoms with Crippen LogP contribution in [0.5, 0.6) is 0 Å². The van der Waals surface area contributed by atoms with E-state index >= 15 is 0 Å². The lowest BCUT2D eigenvalue weighted by Gasteiger charge is -2.35. The second kappa shape index (κ2) is 9.07. The number of piperidine rings is 1. The molecular formula is C22H29N3O3S. The average Bonchev–Trinajstić information content (AvgIpc) is 2.73. The first kappa shape index (κ1) is 21.5. The van der Waals surface area contributed by atoms with Crippen molar-refractivity contribution < 1.29 is 13.2 Å². The van der Waals surface area contributed by atoms with Crippen LogP contribution in [-0.4, -0.2) is 43.1 Å². The highest BCUT2D eigenvalue weighted by atomic mass is 32.2. The maximum absolute atomic E-state index is 13.1. The van der Waals surface area contributed by atoms with Crippen molar-refractivity contribution in [1.82, 2.24) is 8.61 Å². The number of amides is 1. The van der Waals surface area contributed by atoms with Crippen LogP contribution in [0.25, 0.3) is 0 Å². The lowest BCUT2D eigenvalue weighted by Crippen LogP contribution is -2.46. The number of carbonyl (C=O) groups is 1. The van der Waals surface area contributed by atoms with Crippen molar-refractivity contribution in [2.24, 2.45) is 5.92 Å². The summed E-state index contributed by atoms with van der Waals surface area (Å²) in [4.78, 5) is 12.4. The van der Waals surface area contributed by atoms with Crippen LogP contribution in [0.1, 0.15) is 48.7 Å². The van der Waals surface area contributed by atoms with Crippen LogP contribution in [0.2, 0.25) is 0 Å². The SMILES string of the molecule is C[C@@H]1CCCN(S(=O)(=O)N(C)[C@H](C)c2cccc(NC(=O)c3ccccc3)c2)C1. The number of benzene rings is 2. The summed E-state index contributed by atoms with van der Waals surface area (Å²) in [7, 11) is -1.92. The lowest BCUT2D eigenvalue weighted by atomic mass is 10.0. The number of hydrogen-bond acceptors (Lipinski definition) is 3. The van der Waals surface area contributed by atoms with Crippen molar-refractivity contribution in [3.05, 3.63) is 65.7 Å². The third-order valence-electron chi connectivity index (χ3n) is 5.52. The summed E-state index contributed by atoms with van der Waals surface area (Å²) < 4.78 is 29.2. The fourth-order valence-corrected chi connectivity index (χ4v) is 5.31. The van der Waals surface area contributed by atoms with Gasteiger partial charge in [-0.05, 0) is 55.5 Å². The maximum Gasteiger partial charge on any atom is 0.282 e. The molecule has 1 fully saturated rings. The number of rotatable bonds is 6. The van der Waals surface area contributed by atoms with Gasteiger partial charge in [0, 0.05) is 37.4 Å². The average molecular weight is 416 g/mol. The second-order valence-electron chi connectivity index (χ2n) is 7.75. The van der Waals surface area contributed by atoms with Gasteiger partial charge in [-0.15, -0.1) is 0 Å². The molecule has 0 spiro atoms. The van der Waals surface area contributed by atoms with Gasteiger partial charge < -0.3 is 5.32 Å². The molecule has 2 aromatic rings. The van der Waals surface area contributed by atoms with E-state index in [-0.39, 0.29) is 11.9 Å². The van der Waals surface area contributed by atoms with E-state index < -0.39 is 10.2 Å². The molecule has 3 rings (SSSR count). The van der Waals surface area contributed by atoms with Crippen molar-refractivity contribution in [3.63, 3.8) is 0 Å². The van der Waals surface area contributed by atoms with Gasteiger partial charge in [-0.3, -0.25) is 4.79 Å². The minimum absolute atomic E-state index is 0.196. The molecule has 1 saturated heterocycles. The van der Waals surface area contributed by atoms with E-state index in [1.807, 2.05) is 43.3 Å². The van der Waals surface area contributed by atoms with Gasteiger partial charge in [0.2, 0.25) is 0 Å². The number of nitrogens with zero attached hydrogens (tertiary/aromatic N) is 2. The zero-order valence-electron chi connectivity index (χ0n) is 17.2. The summed E-state index contributed by atoms with van der Waals surface area (Å²) in [5.74, 6) is 0.178. The molecular weight excluding hydrogens is 386 g/mol. The van der Waals surface area contributed by atoms with Gasteiger partial charge in [0.05, 0.1) is 0 Å². The van der Waals surface area contributed by atoms with Crippen molar-refractivity contribution in [3.8, 4) is 0 Å². The van der Waals surface area contributed by atoms with Crippen LogP contribution >= 0.6 is 0 Å². The van der Waals surface area contributed by atoms with Crippen LogP contribution in [0.3, 0.4) is 0 Å². The molecule has 7 heteroatoms. The van der Waals surface area contributed by atoms with Gasteiger partial charge >= 0.3 is 0 Å². The minimum Gasteiger partial charge on any atom is -0.322 e. The molecule has 2 atom stereocenters. The van der Waals surface area contributed by atoms with E-state index in [1.165, 1.54) is 4.31 Å². The highest BCUT2D eigenvalue weighted by Gasteiger charge is 2.33. The van der Waals surface area contributed by atoms with Gasteiger partial charge in [0.1, 0.15) is 0 Å². The number of nitrogens with one attached hydrogen (secondary N) is 1. The smallest absolute Gasteiger partial charge is 0.282 e. The van der Waals surface area contributed by atoms with E-state index in [4.69, 9.17) is 0 Å². The Bertz CT molecular complexity index is 947. The van der Waals surface area contributed by atoms with Crippen LogP contribution in [0, 0.1) is 5.92 Å². The molecule has 1 aliphatic heterocycles. The molecule has 0 aliphatic carbocycles. The third kappa shape index (κ3) is 5.04. The van der Waals surface area contributed by atoms with E-state index in [2.05, 4.69) is 12.2 Å². The maximum atomic E-state index is 13.1. The van der Waals surface area contributed by atoms with Gasteiger partial charge in [0.25, 0.3) is 16.1 Å². The summed E-state index contributed by atoms with van der Waals surface area (Å²) >= 11 is 0. The highest BCUT2D eigenvalue weighted by molar-refractivity contribution is 7.86. The quantitative estimate of drug-likeness (QED) is 0.778. The zero-order chi connectivity index (χ0) is 21.0. The number of carbonyl (C=O) groups excluding carboxylic acids is 1. The van der Waals surface area contributed by atoms with Gasteiger partial charge in [-0.2, -0.15) is 17.0 Å². The Kier molecular flexibility index (Phi) is 6.72. The van der Waals surface area contributed by atoms with Crippen LogP contribution in [0.4, 0.5) is 5.69 Å². The molecule has 1 N–H and O–H groups in total. The molecule has 1 amide bonds. The Morgan fingerprint density at radius 1 is 1.17 bits per heavy atom. The first-order valence-electron chi connectivity index (χ1n) is 9.98. The predicted molar refractivity (Wildman–Crippen MR) is 116 cm³/mol. The lowest BCUT2D eigenvalue weighted by molar-refractivity contribution is 0.102. The molecule has 0 saturated carbocycles. The fourth-order valence-electron chi connectivity index (χ4n) is 3.62. The topological polar surface area (TPSA) is 69.7 Å². The summed E-state index contributed by atoms with van der Waals surface area (Å²) in [5.41, 5.74) is 2.04. The first-order valence-corrected chi connectivity index (χ1v) is 11.4. The molecule has 1 aliphatic rings. The van der Waals surface area contributed by atoms with Crippen molar-refractivity contribution in [2.45, 2.75) is 32.7 Å². The molecule has 1 heterocycles. The van der Waals surface area contributed by atoms with Gasteiger partial charge in [0.15, 0.2) is 0 Å². The summed E-state index contributed by atoms with van der Waals surface area (Å²) in [6.45, 7) is 5.08. The minimum atomic E-state index is -3.54. The summed E-state index contributed by atoms with van der Waals surface area (Å²) in [6.07, 6.45) is 1.96. The van der Waals surface area contributed by atoms with Crippen molar-refractivity contribution in [2.75, 3.05) is 25.5 Å². The largest absolute Gasteiger partial charge is 0.322 e. The van der Waals surface area contributed by atoms with Crippen LogP contribution in [-0.2, 0) is 10.2 Å². The second-order valence-corrected chi connectivity index (χ2v) is 9.74. The number of hydrogen-bond donors (Lipinski definition) is 1. The van der Waals surface area contributed by atoms with E-state index in [1.54, 1.807) is 29.6 Å². The molecule has 156 valence electrons. The molecule has 6 nitrogen and oxygen atoms in total. The van der Waals surface area contributed by atoms with E-state index in [9.17, 15) is 13.2 Å². The predicted octanol–water partition coefficient (Wildman–Crippen LogP) is 3.91. The van der Waals surface area contributed by atoms with Gasteiger partial charge in [-0.25, -0.2) is 0 Å². The Labute approximate surface area is 173 Å². The molecule has 29 heavy (non-hydrogen) atoms. The Hall–Kier alpha value is -2.22. The van der Waals surface area contributed by atoms with Crippen molar-refractivity contribution in [1.29, 1.82) is 0 Å². The first-order chi connectivity index (χ1) is 13.8. The Morgan fingerprint density at radius 3 is 2.59 bits per heavy atom. The van der Waals surface area contributed by atoms with Crippen molar-refractivity contribution >= 4 is 21.8 Å².